The van der Waals surface area contributed by atoms with Gasteiger partial charge in [0.25, 0.3) is 0 Å². The highest BCUT2D eigenvalue weighted by Crippen LogP contribution is 2.34. The second-order valence-corrected chi connectivity index (χ2v) is 7.63. The van der Waals surface area contributed by atoms with Crippen molar-refractivity contribution >= 4 is 6.03 Å². The molecule has 3 rings (SSSR count). The molecule has 0 saturated carbocycles. The molecule has 2 amide bonds. The Morgan fingerprint density at radius 3 is 2.43 bits per heavy atom. The van der Waals surface area contributed by atoms with Crippen LogP contribution in [0.2, 0.25) is 0 Å². The van der Waals surface area contributed by atoms with Gasteiger partial charge in [-0.3, -0.25) is 0 Å². The van der Waals surface area contributed by atoms with Gasteiger partial charge in [-0.1, -0.05) is 51.1 Å². The molecule has 1 atom stereocenters. The highest BCUT2D eigenvalue weighted by atomic mass is 19.1. The van der Waals surface area contributed by atoms with Crippen molar-refractivity contribution in [3.8, 4) is 11.8 Å². The summed E-state index contributed by atoms with van der Waals surface area (Å²) in [5.41, 5.74) is 1.97. The van der Waals surface area contributed by atoms with E-state index in [0.717, 1.165) is 5.56 Å². The number of hydrogen-bond acceptors (Lipinski definition) is 3. The Labute approximate surface area is 163 Å². The van der Waals surface area contributed by atoms with E-state index in [9.17, 15) is 14.4 Å². The SMILES string of the molecule is CC(C)(C)C1=C(C#N)[C@@H](c2ccc(OCc3ccccc3F)cc2)NC(=O)N1. The van der Waals surface area contributed by atoms with E-state index >= 15 is 0 Å². The first-order valence-electron chi connectivity index (χ1n) is 8.98. The highest BCUT2D eigenvalue weighted by Gasteiger charge is 2.33. The molecule has 1 heterocycles. The Balaban J connectivity index is 1.81. The number of nitrogens with one attached hydrogen (secondary N) is 2. The molecule has 28 heavy (non-hydrogen) atoms. The molecule has 0 aliphatic carbocycles. The van der Waals surface area contributed by atoms with Crippen molar-refractivity contribution in [2.75, 3.05) is 0 Å². The van der Waals surface area contributed by atoms with E-state index in [1.807, 2.05) is 20.8 Å². The van der Waals surface area contributed by atoms with Gasteiger partial charge < -0.3 is 15.4 Å². The maximum atomic E-state index is 13.7. The number of nitrogens with zero attached hydrogens (tertiary/aromatic N) is 1. The molecule has 144 valence electrons. The van der Waals surface area contributed by atoms with Crippen molar-refractivity contribution in [3.63, 3.8) is 0 Å². The third-order valence-electron chi connectivity index (χ3n) is 4.51. The third kappa shape index (κ3) is 4.15. The molecule has 0 fully saturated rings. The van der Waals surface area contributed by atoms with Crippen LogP contribution in [0.25, 0.3) is 0 Å². The van der Waals surface area contributed by atoms with E-state index in [-0.39, 0.29) is 23.9 Å². The lowest BCUT2D eigenvalue weighted by molar-refractivity contribution is 0.235. The molecule has 0 radical (unpaired) electrons. The third-order valence-corrected chi connectivity index (χ3v) is 4.51. The summed E-state index contributed by atoms with van der Waals surface area (Å²) in [6.45, 7) is 5.96. The predicted octanol–water partition coefficient (Wildman–Crippen LogP) is 4.58. The van der Waals surface area contributed by atoms with E-state index < -0.39 is 6.04 Å². The number of benzene rings is 2. The molecule has 0 bridgehead atoms. The fourth-order valence-electron chi connectivity index (χ4n) is 3.06. The normalized spacial score (nSPS) is 16.8. The second-order valence-electron chi connectivity index (χ2n) is 7.63. The monoisotopic (exact) mass is 379 g/mol. The smallest absolute Gasteiger partial charge is 0.319 e. The van der Waals surface area contributed by atoms with Gasteiger partial charge in [0.15, 0.2) is 0 Å². The van der Waals surface area contributed by atoms with Crippen molar-refractivity contribution in [3.05, 3.63) is 76.7 Å². The molecule has 2 aromatic carbocycles. The average molecular weight is 379 g/mol. The zero-order valence-corrected chi connectivity index (χ0v) is 16.0. The van der Waals surface area contributed by atoms with Crippen LogP contribution in [0.4, 0.5) is 9.18 Å². The average Bonchev–Trinajstić information content (AvgIpc) is 2.66. The van der Waals surface area contributed by atoms with Gasteiger partial charge in [0, 0.05) is 16.7 Å². The standard InChI is InChI=1S/C22H22FN3O2/c1-22(2,3)20-17(12-24)19(25-21(27)26-20)14-8-10-16(11-9-14)28-13-15-6-4-5-7-18(15)23/h4-11,19H,13H2,1-3H3,(H2,25,26,27)/t19-/m1/s1. The van der Waals surface area contributed by atoms with Crippen LogP contribution < -0.4 is 15.4 Å². The zero-order chi connectivity index (χ0) is 20.3. The van der Waals surface area contributed by atoms with E-state index in [2.05, 4.69) is 16.7 Å². The zero-order valence-electron chi connectivity index (χ0n) is 16.0. The molecule has 0 saturated heterocycles. The number of halogens is 1. The molecule has 2 N–H and O–H groups in total. The number of amides is 2. The minimum atomic E-state index is -0.534. The first-order chi connectivity index (χ1) is 13.3. The molecule has 5 nitrogen and oxygen atoms in total. The summed E-state index contributed by atoms with van der Waals surface area (Å²) in [6, 6.07) is 14.9. The topological polar surface area (TPSA) is 74.1 Å². The lowest BCUT2D eigenvalue weighted by atomic mass is 9.84. The predicted molar refractivity (Wildman–Crippen MR) is 104 cm³/mol. The Bertz CT molecular complexity index is 953. The van der Waals surface area contributed by atoms with Gasteiger partial charge in [0.1, 0.15) is 18.2 Å². The van der Waals surface area contributed by atoms with Gasteiger partial charge in [-0.2, -0.15) is 5.26 Å². The molecule has 0 spiro atoms. The summed E-state index contributed by atoms with van der Waals surface area (Å²) < 4.78 is 19.3. The summed E-state index contributed by atoms with van der Waals surface area (Å²) in [5, 5.41) is 15.2. The van der Waals surface area contributed by atoms with Crippen molar-refractivity contribution in [2.45, 2.75) is 33.4 Å². The van der Waals surface area contributed by atoms with Gasteiger partial charge in [-0.05, 0) is 23.8 Å². The molecular weight excluding hydrogens is 357 g/mol. The van der Waals surface area contributed by atoms with Crippen LogP contribution in [-0.4, -0.2) is 6.03 Å². The Kier molecular flexibility index (Phi) is 5.36. The Hall–Kier alpha value is -3.33. The summed E-state index contributed by atoms with van der Waals surface area (Å²) in [7, 11) is 0. The minimum absolute atomic E-state index is 0.119. The van der Waals surface area contributed by atoms with Gasteiger partial charge >= 0.3 is 6.03 Å². The largest absolute Gasteiger partial charge is 0.489 e. The fraction of sp³-hybridized carbons (Fsp3) is 0.273. The molecule has 6 heteroatoms. The number of carbonyl (C=O) groups excluding carboxylic acids is 1. The Morgan fingerprint density at radius 1 is 1.14 bits per heavy atom. The van der Waals surface area contributed by atoms with Crippen LogP contribution in [0, 0.1) is 22.6 Å². The molecular formula is C22H22FN3O2. The maximum Gasteiger partial charge on any atom is 0.319 e. The van der Waals surface area contributed by atoms with E-state index in [1.165, 1.54) is 6.07 Å². The van der Waals surface area contributed by atoms with Crippen LogP contribution >= 0.6 is 0 Å². The number of urea groups is 1. The number of nitriles is 1. The van der Waals surface area contributed by atoms with Crippen molar-refractivity contribution in [1.29, 1.82) is 5.26 Å². The van der Waals surface area contributed by atoms with Crippen LogP contribution in [0.3, 0.4) is 0 Å². The first-order valence-corrected chi connectivity index (χ1v) is 8.98. The second kappa shape index (κ2) is 7.73. The molecule has 0 unspecified atom stereocenters. The van der Waals surface area contributed by atoms with Gasteiger partial charge in [-0.15, -0.1) is 0 Å². The van der Waals surface area contributed by atoms with E-state index in [4.69, 9.17) is 4.74 Å². The molecule has 2 aromatic rings. The lowest BCUT2D eigenvalue weighted by Crippen LogP contribution is -2.46. The summed E-state index contributed by atoms with van der Waals surface area (Å²) >= 11 is 0. The quantitative estimate of drug-likeness (QED) is 0.816. The maximum absolute atomic E-state index is 13.7. The van der Waals surface area contributed by atoms with Gasteiger partial charge in [0.2, 0.25) is 0 Å². The highest BCUT2D eigenvalue weighted by molar-refractivity contribution is 5.80. The van der Waals surface area contributed by atoms with E-state index in [1.54, 1.807) is 42.5 Å². The number of allylic oxidation sites excluding steroid dienone is 1. The van der Waals surface area contributed by atoms with Crippen molar-refractivity contribution in [2.24, 2.45) is 5.41 Å². The van der Waals surface area contributed by atoms with Gasteiger partial charge in [-0.25, -0.2) is 9.18 Å². The summed E-state index contributed by atoms with van der Waals surface area (Å²) in [4.78, 5) is 12.1. The minimum Gasteiger partial charge on any atom is -0.489 e. The number of ether oxygens (including phenoxy) is 1. The molecule has 1 aliphatic heterocycles. The molecule has 1 aliphatic rings. The lowest BCUT2D eigenvalue weighted by Gasteiger charge is -2.33. The summed E-state index contributed by atoms with van der Waals surface area (Å²) in [5.74, 6) is 0.265. The number of carbonyl (C=O) groups is 1. The Morgan fingerprint density at radius 2 is 1.82 bits per heavy atom. The van der Waals surface area contributed by atoms with Crippen LogP contribution in [0.5, 0.6) is 5.75 Å². The summed E-state index contributed by atoms with van der Waals surface area (Å²) in [6.07, 6.45) is 0. The number of rotatable bonds is 4. The van der Waals surface area contributed by atoms with Crippen LogP contribution in [0.1, 0.15) is 37.9 Å². The number of hydrogen-bond donors (Lipinski definition) is 2. The van der Waals surface area contributed by atoms with E-state index in [0.29, 0.717) is 22.6 Å². The van der Waals surface area contributed by atoms with Crippen molar-refractivity contribution < 1.29 is 13.9 Å². The first kappa shape index (κ1) is 19.4. The van der Waals surface area contributed by atoms with Gasteiger partial charge in [0.05, 0.1) is 17.7 Å². The fourth-order valence-corrected chi connectivity index (χ4v) is 3.06. The van der Waals surface area contributed by atoms with Crippen LogP contribution in [-0.2, 0) is 6.61 Å². The van der Waals surface area contributed by atoms with Crippen LogP contribution in [0.15, 0.2) is 59.8 Å². The molecule has 0 aromatic heterocycles. The van der Waals surface area contributed by atoms with Crippen molar-refractivity contribution in [1.82, 2.24) is 10.6 Å².